The lowest BCUT2D eigenvalue weighted by molar-refractivity contribution is 0.808. The lowest BCUT2D eigenvalue weighted by Crippen LogP contribution is -2.09. The molecule has 5 heteroatoms. The Morgan fingerprint density at radius 3 is 2.04 bits per heavy atom. The maximum absolute atomic E-state index is 4.87. The minimum atomic E-state index is 0.704. The second-order valence-corrected chi connectivity index (χ2v) is 7.12. The summed E-state index contributed by atoms with van der Waals surface area (Å²) in [6, 6.07) is 14.3. The van der Waals surface area contributed by atoms with Crippen LogP contribution in [0.15, 0.2) is 42.5 Å². The standard InChI is InChI=1S/C22H23N5/c1-13-10-14(2)20(15(3)11-13)25-21-22(27-17(5)12-16(4)26-27)24-19-9-7-6-8-18(19)23-21/h6-12H,1-5H3,(H,23,25). The van der Waals surface area contributed by atoms with Gasteiger partial charge in [-0.05, 0) is 63.9 Å². The molecule has 4 aromatic rings. The van der Waals surface area contributed by atoms with Crippen LogP contribution in [0.3, 0.4) is 0 Å². The molecular weight excluding hydrogens is 334 g/mol. The zero-order chi connectivity index (χ0) is 19.1. The van der Waals surface area contributed by atoms with Crippen molar-refractivity contribution in [3.05, 3.63) is 70.5 Å². The van der Waals surface area contributed by atoms with E-state index in [1.165, 1.54) is 16.7 Å². The largest absolute Gasteiger partial charge is 0.337 e. The van der Waals surface area contributed by atoms with Gasteiger partial charge in [0.05, 0.1) is 16.7 Å². The molecule has 0 saturated carbocycles. The topological polar surface area (TPSA) is 55.6 Å². The molecule has 27 heavy (non-hydrogen) atoms. The van der Waals surface area contributed by atoms with Crippen LogP contribution in [0, 0.1) is 34.6 Å². The first-order valence-electron chi connectivity index (χ1n) is 9.07. The van der Waals surface area contributed by atoms with Crippen LogP contribution in [0.25, 0.3) is 16.9 Å². The molecule has 0 unspecified atom stereocenters. The molecule has 4 rings (SSSR count). The van der Waals surface area contributed by atoms with Crippen LogP contribution in [-0.4, -0.2) is 19.7 Å². The van der Waals surface area contributed by atoms with Gasteiger partial charge in [0.1, 0.15) is 0 Å². The number of rotatable bonds is 3. The Hall–Kier alpha value is -3.21. The quantitative estimate of drug-likeness (QED) is 0.554. The van der Waals surface area contributed by atoms with Crippen molar-refractivity contribution in [2.75, 3.05) is 5.32 Å². The van der Waals surface area contributed by atoms with Gasteiger partial charge in [0.2, 0.25) is 0 Å². The van der Waals surface area contributed by atoms with Gasteiger partial charge < -0.3 is 5.32 Å². The zero-order valence-electron chi connectivity index (χ0n) is 16.3. The van der Waals surface area contributed by atoms with E-state index in [1.807, 2.05) is 48.9 Å². The van der Waals surface area contributed by atoms with Gasteiger partial charge in [-0.25, -0.2) is 14.6 Å². The number of hydrogen-bond acceptors (Lipinski definition) is 4. The van der Waals surface area contributed by atoms with E-state index in [9.17, 15) is 0 Å². The predicted molar refractivity (Wildman–Crippen MR) is 110 cm³/mol. The molecule has 1 N–H and O–H groups in total. The Morgan fingerprint density at radius 1 is 0.815 bits per heavy atom. The average molecular weight is 357 g/mol. The van der Waals surface area contributed by atoms with Crippen molar-refractivity contribution in [1.29, 1.82) is 0 Å². The van der Waals surface area contributed by atoms with Crippen LogP contribution in [0.1, 0.15) is 28.1 Å². The highest BCUT2D eigenvalue weighted by Crippen LogP contribution is 2.29. The molecule has 2 heterocycles. The third-order valence-electron chi connectivity index (χ3n) is 4.68. The van der Waals surface area contributed by atoms with Crippen molar-refractivity contribution >= 4 is 22.5 Å². The van der Waals surface area contributed by atoms with Gasteiger partial charge in [0, 0.05) is 11.4 Å². The molecule has 0 amide bonds. The highest BCUT2D eigenvalue weighted by molar-refractivity contribution is 5.80. The first-order valence-corrected chi connectivity index (χ1v) is 9.07. The highest BCUT2D eigenvalue weighted by Gasteiger charge is 2.16. The normalized spacial score (nSPS) is 11.1. The predicted octanol–water partition coefficient (Wildman–Crippen LogP) is 5.10. The van der Waals surface area contributed by atoms with Crippen molar-refractivity contribution in [2.24, 2.45) is 0 Å². The van der Waals surface area contributed by atoms with Gasteiger partial charge in [-0.2, -0.15) is 5.10 Å². The molecule has 0 aliphatic rings. The molecule has 0 aliphatic carbocycles. The fourth-order valence-electron chi connectivity index (χ4n) is 3.56. The van der Waals surface area contributed by atoms with E-state index in [0.29, 0.717) is 11.6 Å². The fourth-order valence-corrected chi connectivity index (χ4v) is 3.56. The van der Waals surface area contributed by atoms with E-state index < -0.39 is 0 Å². The number of aromatic nitrogens is 4. The van der Waals surface area contributed by atoms with Crippen molar-refractivity contribution in [1.82, 2.24) is 19.7 Å². The fraction of sp³-hybridized carbons (Fsp3) is 0.227. The molecule has 0 saturated heterocycles. The van der Waals surface area contributed by atoms with Crippen molar-refractivity contribution in [2.45, 2.75) is 34.6 Å². The Kier molecular flexibility index (Phi) is 4.15. The van der Waals surface area contributed by atoms with Crippen molar-refractivity contribution in [3.8, 4) is 5.82 Å². The lowest BCUT2D eigenvalue weighted by Gasteiger charge is -2.16. The maximum Gasteiger partial charge on any atom is 0.197 e. The van der Waals surface area contributed by atoms with E-state index in [2.05, 4.69) is 43.3 Å². The van der Waals surface area contributed by atoms with Crippen LogP contribution in [0.2, 0.25) is 0 Å². The number of fused-ring (bicyclic) bond motifs is 1. The molecule has 0 aliphatic heterocycles. The first-order chi connectivity index (χ1) is 12.9. The number of anilines is 2. The zero-order valence-corrected chi connectivity index (χ0v) is 16.3. The van der Waals surface area contributed by atoms with Crippen LogP contribution in [0.4, 0.5) is 11.5 Å². The summed E-state index contributed by atoms with van der Waals surface area (Å²) in [7, 11) is 0. The maximum atomic E-state index is 4.87. The van der Waals surface area contributed by atoms with E-state index in [1.54, 1.807) is 0 Å². The van der Waals surface area contributed by atoms with Crippen LogP contribution in [0.5, 0.6) is 0 Å². The van der Waals surface area contributed by atoms with Crippen molar-refractivity contribution in [3.63, 3.8) is 0 Å². The van der Waals surface area contributed by atoms with E-state index >= 15 is 0 Å². The van der Waals surface area contributed by atoms with E-state index in [0.717, 1.165) is 28.1 Å². The molecule has 136 valence electrons. The minimum absolute atomic E-state index is 0.704. The molecule has 0 bridgehead atoms. The first kappa shape index (κ1) is 17.2. The Morgan fingerprint density at radius 2 is 1.44 bits per heavy atom. The summed E-state index contributed by atoms with van der Waals surface area (Å²) in [4.78, 5) is 9.74. The van der Waals surface area contributed by atoms with Crippen LogP contribution < -0.4 is 5.32 Å². The number of nitrogens with one attached hydrogen (secondary N) is 1. The summed E-state index contributed by atoms with van der Waals surface area (Å²) in [5.41, 5.74) is 8.36. The summed E-state index contributed by atoms with van der Waals surface area (Å²) in [6.07, 6.45) is 0. The third-order valence-corrected chi connectivity index (χ3v) is 4.68. The molecule has 0 atom stereocenters. The molecule has 0 fully saturated rings. The third kappa shape index (κ3) is 3.16. The van der Waals surface area contributed by atoms with Gasteiger partial charge in [-0.15, -0.1) is 0 Å². The molecule has 0 spiro atoms. The second kappa shape index (κ2) is 6.50. The summed E-state index contributed by atoms with van der Waals surface area (Å²) in [5.74, 6) is 1.41. The van der Waals surface area contributed by atoms with Crippen molar-refractivity contribution < 1.29 is 0 Å². The minimum Gasteiger partial charge on any atom is -0.337 e. The highest BCUT2D eigenvalue weighted by atomic mass is 15.3. The van der Waals surface area contributed by atoms with Gasteiger partial charge >= 0.3 is 0 Å². The molecular formula is C22H23N5. The molecule has 2 aromatic carbocycles. The van der Waals surface area contributed by atoms with Crippen LogP contribution >= 0.6 is 0 Å². The number of benzene rings is 2. The van der Waals surface area contributed by atoms with Gasteiger partial charge in [-0.1, -0.05) is 29.8 Å². The Bertz CT molecular complexity index is 1130. The smallest absolute Gasteiger partial charge is 0.197 e. The number of aryl methyl sites for hydroxylation is 5. The molecule has 0 radical (unpaired) electrons. The van der Waals surface area contributed by atoms with Gasteiger partial charge in [0.25, 0.3) is 0 Å². The molecule has 2 aromatic heterocycles. The molecule has 5 nitrogen and oxygen atoms in total. The monoisotopic (exact) mass is 357 g/mol. The van der Waals surface area contributed by atoms with Gasteiger partial charge in [0.15, 0.2) is 11.6 Å². The summed E-state index contributed by atoms with van der Waals surface area (Å²) < 4.78 is 1.86. The van der Waals surface area contributed by atoms with Crippen LogP contribution in [-0.2, 0) is 0 Å². The average Bonchev–Trinajstić information content (AvgIpc) is 2.95. The number of para-hydroxylation sites is 2. The van der Waals surface area contributed by atoms with E-state index in [4.69, 9.17) is 9.97 Å². The summed E-state index contributed by atoms with van der Waals surface area (Å²) in [6.45, 7) is 10.4. The van der Waals surface area contributed by atoms with E-state index in [-0.39, 0.29) is 0 Å². The number of nitrogens with zero attached hydrogens (tertiary/aromatic N) is 4. The van der Waals surface area contributed by atoms with Gasteiger partial charge in [-0.3, -0.25) is 0 Å². The second-order valence-electron chi connectivity index (χ2n) is 7.12. The Balaban J connectivity index is 1.93. The lowest BCUT2D eigenvalue weighted by atomic mass is 10.1. The number of hydrogen-bond donors (Lipinski definition) is 1. The summed E-state index contributed by atoms with van der Waals surface area (Å²) >= 11 is 0. The Labute approximate surface area is 159 Å². The summed E-state index contributed by atoms with van der Waals surface area (Å²) in [5, 5.41) is 8.15. The SMILES string of the molecule is Cc1cc(C)c(Nc2nc3ccccc3nc2-n2nc(C)cc2C)c(C)c1.